The Kier molecular flexibility index (Phi) is 12.4. The van der Waals surface area contributed by atoms with Gasteiger partial charge in [0, 0.05) is 6.42 Å². The fraction of sp³-hybridized carbons (Fsp3) is 0.795. The van der Waals surface area contributed by atoms with Crippen LogP contribution in [0.25, 0.3) is 0 Å². The molecule has 0 aromatic heterocycles. The minimum absolute atomic E-state index is 0.00110. The first-order valence-electron chi connectivity index (χ1n) is 17.9. The first-order chi connectivity index (χ1) is 20.4. The summed E-state index contributed by atoms with van der Waals surface area (Å²) >= 11 is 4.24. The second-order valence-corrected chi connectivity index (χ2v) is 28.4. The van der Waals surface area contributed by atoms with E-state index in [9.17, 15) is 0 Å². The lowest BCUT2D eigenvalue weighted by Gasteiger charge is -2.44. The quantitative estimate of drug-likeness (QED) is 0.108. The molecule has 3 aliphatic carbocycles. The fourth-order valence-electron chi connectivity index (χ4n) is 7.87. The molecule has 3 rings (SSSR count). The van der Waals surface area contributed by atoms with Crippen molar-refractivity contribution in [2.45, 2.75) is 175 Å². The van der Waals surface area contributed by atoms with Crippen LogP contribution in [0.5, 0.6) is 0 Å². The zero-order chi connectivity index (χ0) is 34.2. The highest BCUT2D eigenvalue weighted by Crippen LogP contribution is 2.59. The van der Waals surface area contributed by atoms with Crippen LogP contribution in [0.15, 0.2) is 47.6 Å². The van der Waals surface area contributed by atoms with Crippen molar-refractivity contribution in [3.8, 4) is 0 Å². The molecule has 0 aromatic carbocycles. The highest BCUT2D eigenvalue weighted by molar-refractivity contribution is 7.75. The summed E-state index contributed by atoms with van der Waals surface area (Å²) in [7, 11) is -3.74. The Morgan fingerprint density at radius 3 is 2.11 bits per heavy atom. The zero-order valence-corrected chi connectivity index (χ0v) is 34.6. The molecule has 0 N–H and O–H groups in total. The summed E-state index contributed by atoms with van der Waals surface area (Å²) in [4.78, 5) is 0. The molecule has 45 heavy (non-hydrogen) atoms. The molecule has 0 unspecified atom stereocenters. The summed E-state index contributed by atoms with van der Waals surface area (Å²) in [6.45, 7) is 37.3. The number of hydrogen-bond donors (Lipinski definition) is 1. The van der Waals surface area contributed by atoms with Gasteiger partial charge in [-0.25, -0.2) is 0 Å². The lowest BCUT2D eigenvalue weighted by molar-refractivity contribution is 0.0939. The van der Waals surface area contributed by atoms with Crippen molar-refractivity contribution < 1.29 is 13.0 Å². The van der Waals surface area contributed by atoms with E-state index in [4.69, 9.17) is 13.0 Å². The minimum atomic E-state index is -1.94. The molecule has 0 aliphatic heterocycles. The predicted octanol–water partition coefficient (Wildman–Crippen LogP) is 12.4. The van der Waals surface area contributed by atoms with Crippen molar-refractivity contribution >= 4 is 29.5 Å². The van der Waals surface area contributed by atoms with Gasteiger partial charge < -0.3 is 13.0 Å². The van der Waals surface area contributed by atoms with E-state index < -0.39 is 16.6 Å². The summed E-state index contributed by atoms with van der Waals surface area (Å²) < 4.78 is 19.3. The normalized spacial score (nSPS) is 31.7. The van der Waals surface area contributed by atoms with Crippen LogP contribution in [0.2, 0.25) is 36.3 Å². The van der Waals surface area contributed by atoms with Gasteiger partial charge in [0.2, 0.25) is 0 Å². The Bertz CT molecular complexity index is 1140. The van der Waals surface area contributed by atoms with Gasteiger partial charge in [-0.05, 0) is 137 Å². The van der Waals surface area contributed by atoms with Crippen LogP contribution >= 0.6 is 12.9 Å². The molecule has 3 fully saturated rings. The molecule has 258 valence electrons. The van der Waals surface area contributed by atoms with Gasteiger partial charge in [-0.1, -0.05) is 97.4 Å². The third-order valence-corrected chi connectivity index (χ3v) is 22.1. The van der Waals surface area contributed by atoms with Gasteiger partial charge in [0.25, 0.3) is 0 Å². The summed E-state index contributed by atoms with van der Waals surface area (Å²) in [5.74, 6) is 1.98. The SMILES string of the molecule is C=C1[C@H](OS)C/C(=C/C=C2\CCC[C@]3(C)[C@@H]([C@@H](C)/C=C/CC(C)(C)O[Si](C)(C)C(C)(C)C)CC[C@@H]23)C[C@H]1O[Si](C)(C)C(C)(C)C. The van der Waals surface area contributed by atoms with E-state index >= 15 is 0 Å². The molecule has 0 heterocycles. The van der Waals surface area contributed by atoms with Crippen LogP contribution in [-0.2, 0) is 13.0 Å². The Morgan fingerprint density at radius 1 is 0.933 bits per heavy atom. The molecule has 0 saturated heterocycles. The van der Waals surface area contributed by atoms with Gasteiger partial charge >= 0.3 is 0 Å². The van der Waals surface area contributed by atoms with Gasteiger partial charge in [0.15, 0.2) is 16.6 Å². The summed E-state index contributed by atoms with van der Waals surface area (Å²) in [6.07, 6.45) is 19.0. The largest absolute Gasteiger partial charge is 0.412 e. The zero-order valence-electron chi connectivity index (χ0n) is 31.7. The average Bonchev–Trinajstić information content (AvgIpc) is 3.24. The maximum Gasteiger partial charge on any atom is 0.192 e. The van der Waals surface area contributed by atoms with E-state index in [2.05, 4.69) is 139 Å². The standard InChI is InChI=1S/C39H70O3SSi2/c1-28(18-16-24-38(9,10)42-45(14,15)37(6,7)8)32-22-23-33-31(19-17-25-39(32,33)11)21-20-30-26-34(40-43)29(2)35(27-30)41-44(12,13)36(3,4)5/h16,18,20-21,28,32-35,43H,2,17,19,22-27H2,1,3-15H3/b18-16+,30-20-,31-21+/t28-,32+,33-,34+,35+,39+/m0/s1. The Balaban J connectivity index is 1.72. The molecule has 3 saturated carbocycles. The van der Waals surface area contributed by atoms with E-state index in [1.54, 1.807) is 5.57 Å². The molecular formula is C39H70O3SSi2. The summed E-state index contributed by atoms with van der Waals surface area (Å²) in [5, 5.41) is 0.380. The molecule has 0 spiro atoms. The molecule has 0 bridgehead atoms. The smallest absolute Gasteiger partial charge is 0.192 e. The highest BCUT2D eigenvalue weighted by atomic mass is 32.1. The second-order valence-electron chi connectivity index (χ2n) is 18.7. The number of allylic oxidation sites excluding steroid dienone is 4. The van der Waals surface area contributed by atoms with E-state index in [1.807, 2.05) is 0 Å². The van der Waals surface area contributed by atoms with Crippen LogP contribution in [0.4, 0.5) is 0 Å². The number of thiol groups is 1. The van der Waals surface area contributed by atoms with Crippen LogP contribution in [0, 0.1) is 23.2 Å². The van der Waals surface area contributed by atoms with Crippen LogP contribution in [0.3, 0.4) is 0 Å². The van der Waals surface area contributed by atoms with Crippen molar-refractivity contribution in [3.05, 3.63) is 47.6 Å². The number of rotatable bonds is 10. The van der Waals surface area contributed by atoms with E-state index in [-0.39, 0.29) is 27.9 Å². The Morgan fingerprint density at radius 2 is 1.53 bits per heavy atom. The van der Waals surface area contributed by atoms with Crippen LogP contribution < -0.4 is 0 Å². The molecule has 0 radical (unpaired) electrons. The third kappa shape index (κ3) is 9.20. The van der Waals surface area contributed by atoms with Crippen molar-refractivity contribution in [2.75, 3.05) is 0 Å². The minimum Gasteiger partial charge on any atom is -0.412 e. The predicted molar refractivity (Wildman–Crippen MR) is 204 cm³/mol. The lowest BCUT2D eigenvalue weighted by Crippen LogP contribution is -2.47. The number of hydrogen-bond acceptors (Lipinski definition) is 4. The van der Waals surface area contributed by atoms with Crippen LogP contribution in [-0.4, -0.2) is 34.4 Å². The molecule has 0 aromatic rings. The first-order valence-corrected chi connectivity index (χ1v) is 24.0. The molecule has 6 atom stereocenters. The van der Waals surface area contributed by atoms with Crippen molar-refractivity contribution in [2.24, 2.45) is 23.2 Å². The monoisotopic (exact) mass is 674 g/mol. The maximum absolute atomic E-state index is 6.88. The topological polar surface area (TPSA) is 27.7 Å². The van der Waals surface area contributed by atoms with E-state index in [1.165, 1.54) is 37.7 Å². The molecule has 3 aliphatic rings. The van der Waals surface area contributed by atoms with Gasteiger partial charge in [-0.3, -0.25) is 0 Å². The Labute approximate surface area is 287 Å². The lowest BCUT2D eigenvalue weighted by atomic mass is 9.61. The van der Waals surface area contributed by atoms with E-state index in [0.717, 1.165) is 30.8 Å². The molecule has 6 heteroatoms. The second kappa shape index (κ2) is 14.2. The molecular weight excluding hydrogens is 605 g/mol. The highest BCUT2D eigenvalue weighted by Gasteiger charge is 2.50. The molecule has 3 nitrogen and oxygen atoms in total. The van der Waals surface area contributed by atoms with Gasteiger partial charge in [0.05, 0.1) is 17.8 Å². The van der Waals surface area contributed by atoms with Crippen molar-refractivity contribution in [1.82, 2.24) is 0 Å². The summed E-state index contributed by atoms with van der Waals surface area (Å²) in [6, 6.07) is 0. The van der Waals surface area contributed by atoms with Gasteiger partial charge in [0.1, 0.15) is 0 Å². The summed E-state index contributed by atoms with van der Waals surface area (Å²) in [5.41, 5.74) is 4.34. The Hall–Kier alpha value is -0.376. The third-order valence-electron chi connectivity index (χ3n) is 12.7. The average molecular weight is 675 g/mol. The fourth-order valence-corrected chi connectivity index (χ4v) is 11.2. The van der Waals surface area contributed by atoms with Gasteiger partial charge in [-0.2, -0.15) is 0 Å². The first kappa shape index (κ1) is 39.1. The van der Waals surface area contributed by atoms with Crippen molar-refractivity contribution in [3.63, 3.8) is 0 Å². The maximum atomic E-state index is 6.88. The van der Waals surface area contributed by atoms with Crippen molar-refractivity contribution in [1.29, 1.82) is 0 Å². The van der Waals surface area contributed by atoms with E-state index in [0.29, 0.717) is 17.3 Å². The number of fused-ring (bicyclic) bond motifs is 1. The molecule has 0 amide bonds. The van der Waals surface area contributed by atoms with Crippen LogP contribution in [0.1, 0.15) is 121 Å². The van der Waals surface area contributed by atoms with Gasteiger partial charge in [-0.15, -0.1) is 0 Å².